The molecule has 0 radical (unpaired) electrons. The maximum Gasteiger partial charge on any atom is 0.328 e. The summed E-state index contributed by atoms with van der Waals surface area (Å²) in [5, 5.41) is 10.5. The molecule has 2 fully saturated rings. The molecule has 0 saturated carbocycles. The molecule has 2 saturated heterocycles. The van der Waals surface area contributed by atoms with Gasteiger partial charge in [-0.05, 0) is 24.5 Å². The molecule has 2 aliphatic rings. The second-order valence-electron chi connectivity index (χ2n) is 4.37. The normalized spacial score (nSPS) is 30.5. The van der Waals surface area contributed by atoms with E-state index in [1.165, 1.54) is 6.42 Å². The molecular formula is C13H13NO3. The van der Waals surface area contributed by atoms with E-state index in [2.05, 4.69) is 0 Å². The Morgan fingerprint density at radius 1 is 1.41 bits per heavy atom. The summed E-state index contributed by atoms with van der Waals surface area (Å²) in [6.07, 6.45) is 4.94. The van der Waals surface area contributed by atoms with Crippen LogP contribution in [0.4, 0.5) is 0 Å². The van der Waals surface area contributed by atoms with E-state index in [-0.39, 0.29) is 5.72 Å². The van der Waals surface area contributed by atoms with Crippen molar-refractivity contribution in [3.63, 3.8) is 0 Å². The van der Waals surface area contributed by atoms with E-state index in [9.17, 15) is 4.79 Å². The van der Waals surface area contributed by atoms with Crippen LogP contribution in [-0.4, -0.2) is 22.7 Å². The number of carboxylic acid groups (broad SMARTS) is 1. The lowest BCUT2D eigenvalue weighted by Crippen LogP contribution is -2.08. The van der Waals surface area contributed by atoms with Gasteiger partial charge in [-0.3, -0.25) is 4.84 Å². The van der Waals surface area contributed by atoms with Crippen molar-refractivity contribution in [2.24, 2.45) is 0 Å². The van der Waals surface area contributed by atoms with Crippen LogP contribution in [0, 0.1) is 0 Å². The number of hydrogen-bond donors (Lipinski definition) is 1. The first-order valence-corrected chi connectivity index (χ1v) is 5.69. The van der Waals surface area contributed by atoms with Gasteiger partial charge in [-0.1, -0.05) is 24.3 Å². The minimum Gasteiger partial charge on any atom is -0.478 e. The highest BCUT2D eigenvalue weighted by atomic mass is 16.9. The van der Waals surface area contributed by atoms with E-state index in [0.717, 1.165) is 30.2 Å². The van der Waals surface area contributed by atoms with Crippen molar-refractivity contribution in [1.82, 2.24) is 5.06 Å². The van der Waals surface area contributed by atoms with Gasteiger partial charge in [-0.15, -0.1) is 5.06 Å². The van der Waals surface area contributed by atoms with Gasteiger partial charge in [-0.25, -0.2) is 4.79 Å². The molecule has 2 atom stereocenters. The first-order valence-electron chi connectivity index (χ1n) is 5.69. The lowest BCUT2D eigenvalue weighted by atomic mass is 10.0. The largest absolute Gasteiger partial charge is 0.478 e. The third-order valence-electron chi connectivity index (χ3n) is 3.29. The average Bonchev–Trinajstić information content (AvgIpc) is 2.90. The molecule has 0 aliphatic carbocycles. The van der Waals surface area contributed by atoms with E-state index in [4.69, 9.17) is 9.94 Å². The highest BCUT2D eigenvalue weighted by molar-refractivity contribution is 5.85. The molecule has 2 heterocycles. The Hall–Kier alpha value is -1.65. The summed E-state index contributed by atoms with van der Waals surface area (Å²) in [6, 6.07) is 7.85. The number of hydrogen-bond acceptors (Lipinski definition) is 3. The Morgan fingerprint density at radius 2 is 2.18 bits per heavy atom. The molecule has 4 heteroatoms. The van der Waals surface area contributed by atoms with Crippen LogP contribution in [0.2, 0.25) is 0 Å². The van der Waals surface area contributed by atoms with Gasteiger partial charge in [-0.2, -0.15) is 0 Å². The monoisotopic (exact) mass is 231 g/mol. The Kier molecular flexibility index (Phi) is 2.28. The molecule has 1 aromatic rings. The summed E-state index contributed by atoms with van der Waals surface area (Å²) in [4.78, 5) is 16.0. The number of carbonyl (C=O) groups is 1. The molecule has 1 N–H and O–H groups in total. The lowest BCUT2D eigenvalue weighted by Gasteiger charge is -2.06. The van der Waals surface area contributed by atoms with Crippen LogP contribution in [0.3, 0.4) is 0 Å². The molecule has 0 spiro atoms. The maximum atomic E-state index is 10.4. The number of aliphatic carboxylic acids is 1. The van der Waals surface area contributed by atoms with Crippen LogP contribution in [-0.2, 0) is 15.4 Å². The van der Waals surface area contributed by atoms with Crippen molar-refractivity contribution in [2.75, 3.05) is 6.54 Å². The molecule has 2 unspecified atom stereocenters. The van der Waals surface area contributed by atoms with Crippen molar-refractivity contribution in [2.45, 2.75) is 18.6 Å². The summed E-state index contributed by atoms with van der Waals surface area (Å²) in [5.41, 5.74) is 1.87. The predicted molar refractivity (Wildman–Crippen MR) is 61.8 cm³/mol. The van der Waals surface area contributed by atoms with E-state index in [1.807, 2.05) is 29.3 Å². The van der Waals surface area contributed by atoms with Crippen LogP contribution < -0.4 is 0 Å². The van der Waals surface area contributed by atoms with Crippen LogP contribution in [0.1, 0.15) is 24.0 Å². The second-order valence-corrected chi connectivity index (χ2v) is 4.37. The minimum absolute atomic E-state index is 0.172. The first kappa shape index (κ1) is 10.5. The Morgan fingerprint density at radius 3 is 2.71 bits per heavy atom. The highest BCUT2D eigenvalue weighted by Crippen LogP contribution is 2.52. The molecule has 0 amide bonds. The first-order chi connectivity index (χ1) is 8.21. The summed E-state index contributed by atoms with van der Waals surface area (Å²) < 4.78 is 0. The summed E-state index contributed by atoms with van der Waals surface area (Å²) in [6.45, 7) is 1.00. The topological polar surface area (TPSA) is 52.8 Å². The predicted octanol–water partition coefficient (Wildman–Crippen LogP) is 1.98. The van der Waals surface area contributed by atoms with E-state index in [0.29, 0.717) is 0 Å². The average molecular weight is 231 g/mol. The standard InChI is InChI=1S/C13H13NO3/c15-12(16)7-4-10-2-5-11(6-3-10)13-8-1-9-14(13)17-13/h2-7H,1,8-9H2,(H,15,16). The summed E-state index contributed by atoms with van der Waals surface area (Å²) in [5.74, 6) is -0.930. The third-order valence-corrected chi connectivity index (χ3v) is 3.29. The van der Waals surface area contributed by atoms with Crippen molar-refractivity contribution < 1.29 is 14.7 Å². The quantitative estimate of drug-likeness (QED) is 0.638. The Balaban J connectivity index is 1.79. The van der Waals surface area contributed by atoms with Crippen molar-refractivity contribution in [1.29, 1.82) is 0 Å². The smallest absolute Gasteiger partial charge is 0.328 e. The molecule has 2 aliphatic heterocycles. The van der Waals surface area contributed by atoms with Gasteiger partial charge < -0.3 is 5.11 Å². The molecule has 17 heavy (non-hydrogen) atoms. The summed E-state index contributed by atoms with van der Waals surface area (Å²) >= 11 is 0. The van der Waals surface area contributed by atoms with Crippen LogP contribution in [0.5, 0.6) is 0 Å². The SMILES string of the molecule is O=C(O)C=Cc1ccc(C23CCCN2O3)cc1. The van der Waals surface area contributed by atoms with Crippen LogP contribution in [0.15, 0.2) is 30.3 Å². The van der Waals surface area contributed by atoms with Gasteiger partial charge in [0.15, 0.2) is 5.72 Å². The number of carboxylic acids is 1. The van der Waals surface area contributed by atoms with Crippen molar-refractivity contribution >= 4 is 12.0 Å². The van der Waals surface area contributed by atoms with Gasteiger partial charge in [0.25, 0.3) is 0 Å². The Bertz CT molecular complexity index is 480. The number of benzene rings is 1. The lowest BCUT2D eigenvalue weighted by molar-refractivity contribution is -0.131. The van der Waals surface area contributed by atoms with E-state index in [1.54, 1.807) is 6.08 Å². The maximum absolute atomic E-state index is 10.4. The van der Waals surface area contributed by atoms with Gasteiger partial charge in [0.2, 0.25) is 0 Å². The minimum atomic E-state index is -0.930. The molecule has 4 nitrogen and oxygen atoms in total. The number of hydroxylamine groups is 2. The third kappa shape index (κ3) is 1.75. The number of rotatable bonds is 3. The van der Waals surface area contributed by atoms with Gasteiger partial charge in [0.1, 0.15) is 0 Å². The molecule has 88 valence electrons. The van der Waals surface area contributed by atoms with E-state index < -0.39 is 5.97 Å². The van der Waals surface area contributed by atoms with Crippen molar-refractivity contribution in [3.05, 3.63) is 41.5 Å². The molecular weight excluding hydrogens is 218 g/mol. The van der Waals surface area contributed by atoms with Gasteiger partial charge in [0.05, 0.1) is 0 Å². The van der Waals surface area contributed by atoms with Crippen LogP contribution in [0.25, 0.3) is 6.08 Å². The fourth-order valence-electron chi connectivity index (χ4n) is 2.38. The van der Waals surface area contributed by atoms with Gasteiger partial charge in [0, 0.05) is 18.2 Å². The zero-order valence-electron chi connectivity index (χ0n) is 9.30. The molecule has 0 aromatic heterocycles. The molecule has 3 rings (SSSR count). The summed E-state index contributed by atoms with van der Waals surface area (Å²) in [7, 11) is 0. The number of nitrogens with zero attached hydrogens (tertiary/aromatic N) is 1. The van der Waals surface area contributed by atoms with Crippen molar-refractivity contribution in [3.8, 4) is 0 Å². The molecule has 0 bridgehead atoms. The highest BCUT2D eigenvalue weighted by Gasteiger charge is 2.59. The zero-order valence-corrected chi connectivity index (χ0v) is 9.30. The fraction of sp³-hybridized carbons (Fsp3) is 0.308. The fourth-order valence-corrected chi connectivity index (χ4v) is 2.38. The van der Waals surface area contributed by atoms with Gasteiger partial charge >= 0.3 is 5.97 Å². The number of fused-ring (bicyclic) bond motifs is 1. The zero-order chi connectivity index (χ0) is 11.9. The molecule has 1 aromatic carbocycles. The van der Waals surface area contributed by atoms with E-state index >= 15 is 0 Å². The van der Waals surface area contributed by atoms with Crippen LogP contribution >= 0.6 is 0 Å². The Labute approximate surface area is 99.1 Å². The second kappa shape index (κ2) is 3.68.